The second kappa shape index (κ2) is 8.51. The van der Waals surface area contributed by atoms with Crippen molar-refractivity contribution in [3.8, 4) is 0 Å². The lowest BCUT2D eigenvalue weighted by Gasteiger charge is -2.38. The number of anilines is 1. The maximum atomic E-state index is 12.7. The van der Waals surface area contributed by atoms with Crippen molar-refractivity contribution in [1.82, 2.24) is 5.32 Å². The van der Waals surface area contributed by atoms with E-state index in [2.05, 4.69) is 22.2 Å². The number of rotatable bonds is 6. The molecular formula is C20H23ClN2O4S. The highest BCUT2D eigenvalue weighted by molar-refractivity contribution is 7.92. The van der Waals surface area contributed by atoms with Crippen LogP contribution in [0.4, 0.5) is 5.69 Å². The minimum absolute atomic E-state index is 0.181. The first-order valence-corrected chi connectivity index (χ1v) is 11.2. The standard InChI is InChI=1S/C20H23ClN2O4S/c1-28(25,26)23-16-7-8-17(18(21)13-16)19(24)22-14-20(9-11-27-12-10-20)15-5-3-2-4-6-15/h2-8,13,23H,9-12,14H2,1H3,(H,22,24). The SMILES string of the molecule is CS(=O)(=O)Nc1ccc(C(=O)NCC2(c3ccccc3)CCOCC2)c(Cl)c1. The zero-order chi connectivity index (χ0) is 20.2. The highest BCUT2D eigenvalue weighted by Gasteiger charge is 2.34. The van der Waals surface area contributed by atoms with Crippen molar-refractivity contribution < 1.29 is 17.9 Å². The lowest BCUT2D eigenvalue weighted by molar-refractivity contribution is 0.0487. The van der Waals surface area contributed by atoms with Crippen LogP contribution in [0.1, 0.15) is 28.8 Å². The Morgan fingerprint density at radius 3 is 2.43 bits per heavy atom. The van der Waals surface area contributed by atoms with Crippen molar-refractivity contribution >= 4 is 33.2 Å². The molecule has 1 aliphatic rings. The van der Waals surface area contributed by atoms with Gasteiger partial charge in [0.05, 0.1) is 16.8 Å². The van der Waals surface area contributed by atoms with Gasteiger partial charge in [0.15, 0.2) is 0 Å². The molecule has 0 bridgehead atoms. The third-order valence-corrected chi connectivity index (χ3v) is 5.86. The average molecular weight is 423 g/mol. The molecular weight excluding hydrogens is 400 g/mol. The number of hydrogen-bond acceptors (Lipinski definition) is 4. The van der Waals surface area contributed by atoms with Gasteiger partial charge >= 0.3 is 0 Å². The minimum atomic E-state index is -3.41. The largest absolute Gasteiger partial charge is 0.381 e. The van der Waals surface area contributed by atoms with Crippen molar-refractivity contribution in [3.05, 3.63) is 64.7 Å². The second-order valence-corrected chi connectivity index (χ2v) is 9.17. The smallest absolute Gasteiger partial charge is 0.252 e. The van der Waals surface area contributed by atoms with Gasteiger partial charge in [0, 0.05) is 30.9 Å². The summed E-state index contributed by atoms with van der Waals surface area (Å²) in [6, 6.07) is 14.6. The maximum Gasteiger partial charge on any atom is 0.252 e. The summed E-state index contributed by atoms with van der Waals surface area (Å²) >= 11 is 6.21. The van der Waals surface area contributed by atoms with Gasteiger partial charge in [-0.15, -0.1) is 0 Å². The van der Waals surface area contributed by atoms with Crippen molar-refractivity contribution in [3.63, 3.8) is 0 Å². The summed E-state index contributed by atoms with van der Waals surface area (Å²) in [6.07, 6.45) is 2.70. The van der Waals surface area contributed by atoms with Crippen LogP contribution in [0.15, 0.2) is 48.5 Å². The summed E-state index contributed by atoms with van der Waals surface area (Å²) in [7, 11) is -3.41. The Morgan fingerprint density at radius 1 is 1.14 bits per heavy atom. The van der Waals surface area contributed by atoms with E-state index in [0.717, 1.165) is 19.1 Å². The highest BCUT2D eigenvalue weighted by atomic mass is 35.5. The van der Waals surface area contributed by atoms with Gasteiger partial charge in [0.25, 0.3) is 5.91 Å². The number of hydrogen-bond donors (Lipinski definition) is 2. The molecule has 2 aromatic rings. The second-order valence-electron chi connectivity index (χ2n) is 7.01. The summed E-state index contributed by atoms with van der Waals surface area (Å²) in [4.78, 5) is 12.7. The topological polar surface area (TPSA) is 84.5 Å². The molecule has 0 radical (unpaired) electrons. The molecule has 6 nitrogen and oxygen atoms in total. The van der Waals surface area contributed by atoms with Crippen LogP contribution < -0.4 is 10.0 Å². The molecule has 0 atom stereocenters. The molecule has 1 saturated heterocycles. The fraction of sp³-hybridized carbons (Fsp3) is 0.350. The van der Waals surface area contributed by atoms with E-state index in [-0.39, 0.29) is 16.3 Å². The first-order chi connectivity index (χ1) is 13.3. The fourth-order valence-corrected chi connectivity index (χ4v) is 4.26. The predicted molar refractivity (Wildman–Crippen MR) is 110 cm³/mol. The quantitative estimate of drug-likeness (QED) is 0.748. The van der Waals surface area contributed by atoms with Gasteiger partial charge in [0.1, 0.15) is 0 Å². The van der Waals surface area contributed by atoms with Gasteiger partial charge in [-0.1, -0.05) is 41.9 Å². The Balaban J connectivity index is 1.75. The molecule has 3 rings (SSSR count). The van der Waals surface area contributed by atoms with E-state index in [1.54, 1.807) is 0 Å². The number of halogens is 1. The van der Waals surface area contributed by atoms with Crippen LogP contribution in [0.3, 0.4) is 0 Å². The van der Waals surface area contributed by atoms with E-state index in [4.69, 9.17) is 16.3 Å². The molecule has 0 unspecified atom stereocenters. The molecule has 0 aromatic heterocycles. The molecule has 150 valence electrons. The van der Waals surface area contributed by atoms with E-state index >= 15 is 0 Å². The zero-order valence-corrected chi connectivity index (χ0v) is 17.1. The number of sulfonamides is 1. The third kappa shape index (κ3) is 5.04. The van der Waals surface area contributed by atoms with Gasteiger partial charge in [-0.25, -0.2) is 8.42 Å². The molecule has 1 amide bonds. The summed E-state index contributed by atoms with van der Waals surface area (Å²) in [5, 5.41) is 3.19. The molecule has 1 fully saturated rings. The van der Waals surface area contributed by atoms with Crippen molar-refractivity contribution in [1.29, 1.82) is 0 Å². The number of ether oxygens (including phenoxy) is 1. The van der Waals surface area contributed by atoms with E-state index in [1.165, 1.54) is 23.8 Å². The van der Waals surface area contributed by atoms with Crippen molar-refractivity contribution in [2.45, 2.75) is 18.3 Å². The molecule has 0 aliphatic carbocycles. The Kier molecular flexibility index (Phi) is 6.27. The molecule has 2 aromatic carbocycles. The molecule has 28 heavy (non-hydrogen) atoms. The minimum Gasteiger partial charge on any atom is -0.381 e. The fourth-order valence-electron chi connectivity index (χ4n) is 3.44. The van der Waals surface area contributed by atoms with Crippen LogP contribution in [0.25, 0.3) is 0 Å². The summed E-state index contributed by atoms with van der Waals surface area (Å²) < 4.78 is 30.5. The molecule has 2 N–H and O–H groups in total. The summed E-state index contributed by atoms with van der Waals surface area (Å²) in [6.45, 7) is 1.77. The summed E-state index contributed by atoms with van der Waals surface area (Å²) in [5.74, 6) is -0.294. The molecule has 1 aliphatic heterocycles. The van der Waals surface area contributed by atoms with Crippen molar-refractivity contribution in [2.75, 3.05) is 30.7 Å². The Morgan fingerprint density at radius 2 is 1.82 bits per heavy atom. The monoisotopic (exact) mass is 422 g/mol. The molecule has 8 heteroatoms. The van der Waals surface area contributed by atoms with Crippen LogP contribution in [-0.2, 0) is 20.2 Å². The number of benzene rings is 2. The zero-order valence-electron chi connectivity index (χ0n) is 15.6. The van der Waals surface area contributed by atoms with Crippen molar-refractivity contribution in [2.24, 2.45) is 0 Å². The van der Waals surface area contributed by atoms with Gasteiger partial charge < -0.3 is 10.1 Å². The first kappa shape index (κ1) is 20.6. The van der Waals surface area contributed by atoms with Gasteiger partial charge in [0.2, 0.25) is 10.0 Å². The van der Waals surface area contributed by atoms with Gasteiger partial charge in [-0.05, 0) is 36.6 Å². The summed E-state index contributed by atoms with van der Waals surface area (Å²) in [5.41, 5.74) is 1.61. The number of nitrogens with one attached hydrogen (secondary N) is 2. The maximum absolute atomic E-state index is 12.7. The molecule has 1 heterocycles. The highest BCUT2D eigenvalue weighted by Crippen LogP contribution is 2.34. The Bertz CT molecular complexity index is 942. The first-order valence-electron chi connectivity index (χ1n) is 8.98. The number of amides is 1. The van der Waals surface area contributed by atoms with Crippen LogP contribution in [-0.4, -0.2) is 40.3 Å². The predicted octanol–water partition coefficient (Wildman–Crippen LogP) is 3.19. The number of carbonyl (C=O) groups excluding carboxylic acids is 1. The van der Waals surface area contributed by atoms with Gasteiger partial charge in [-0.2, -0.15) is 0 Å². The van der Waals surface area contributed by atoms with E-state index in [9.17, 15) is 13.2 Å². The lowest BCUT2D eigenvalue weighted by Crippen LogP contribution is -2.44. The molecule has 0 saturated carbocycles. The van der Waals surface area contributed by atoms with Crippen LogP contribution in [0, 0.1) is 0 Å². The van der Waals surface area contributed by atoms with Crippen LogP contribution in [0.2, 0.25) is 5.02 Å². The van der Waals surface area contributed by atoms with E-state index in [1.807, 2.05) is 18.2 Å². The Hall–Kier alpha value is -2.09. The number of carbonyl (C=O) groups is 1. The van der Waals surface area contributed by atoms with Gasteiger partial charge in [-0.3, -0.25) is 9.52 Å². The Labute approximate surface area is 170 Å². The molecule has 0 spiro atoms. The van der Waals surface area contributed by atoms with E-state index in [0.29, 0.717) is 31.0 Å². The normalized spacial score (nSPS) is 16.4. The van der Waals surface area contributed by atoms with E-state index < -0.39 is 10.0 Å². The van der Waals surface area contributed by atoms with Crippen LogP contribution >= 0.6 is 11.6 Å². The van der Waals surface area contributed by atoms with Crippen LogP contribution in [0.5, 0.6) is 0 Å². The lowest BCUT2D eigenvalue weighted by atomic mass is 9.74. The average Bonchev–Trinajstić information content (AvgIpc) is 2.66. The third-order valence-electron chi connectivity index (χ3n) is 4.94.